The Kier molecular flexibility index (Phi) is 3.62. The SMILES string of the molecule is NCCNc1nccc(-c2ccc(F)cc2)n1. The Morgan fingerprint density at radius 3 is 2.65 bits per heavy atom. The quantitative estimate of drug-likeness (QED) is 0.841. The van der Waals surface area contributed by atoms with Gasteiger partial charge in [-0.05, 0) is 30.3 Å². The lowest BCUT2D eigenvalue weighted by molar-refractivity contribution is 0.628. The van der Waals surface area contributed by atoms with Crippen LogP contribution in [0, 0.1) is 5.82 Å². The maximum Gasteiger partial charge on any atom is 0.223 e. The van der Waals surface area contributed by atoms with Crippen LogP contribution in [0.2, 0.25) is 0 Å². The van der Waals surface area contributed by atoms with E-state index in [4.69, 9.17) is 5.73 Å². The summed E-state index contributed by atoms with van der Waals surface area (Å²) in [6.07, 6.45) is 1.66. The Morgan fingerprint density at radius 2 is 1.94 bits per heavy atom. The molecule has 0 saturated carbocycles. The van der Waals surface area contributed by atoms with Gasteiger partial charge in [-0.25, -0.2) is 14.4 Å². The Labute approximate surface area is 98.7 Å². The lowest BCUT2D eigenvalue weighted by Crippen LogP contribution is -2.14. The number of anilines is 1. The van der Waals surface area contributed by atoms with Gasteiger partial charge in [0.15, 0.2) is 0 Å². The van der Waals surface area contributed by atoms with Crippen molar-refractivity contribution in [2.45, 2.75) is 0 Å². The van der Waals surface area contributed by atoms with Gasteiger partial charge in [-0.2, -0.15) is 0 Å². The average molecular weight is 232 g/mol. The van der Waals surface area contributed by atoms with Crippen LogP contribution in [0.1, 0.15) is 0 Å². The topological polar surface area (TPSA) is 63.8 Å². The molecule has 2 aromatic rings. The van der Waals surface area contributed by atoms with Crippen LogP contribution in [0.25, 0.3) is 11.3 Å². The van der Waals surface area contributed by atoms with Gasteiger partial charge < -0.3 is 11.1 Å². The summed E-state index contributed by atoms with van der Waals surface area (Å²) in [4.78, 5) is 8.38. The van der Waals surface area contributed by atoms with Crippen molar-refractivity contribution in [1.82, 2.24) is 9.97 Å². The summed E-state index contributed by atoms with van der Waals surface area (Å²) in [5.41, 5.74) is 6.98. The van der Waals surface area contributed by atoms with E-state index in [1.807, 2.05) is 0 Å². The van der Waals surface area contributed by atoms with Crippen LogP contribution in [0.3, 0.4) is 0 Å². The molecule has 4 nitrogen and oxygen atoms in total. The van der Waals surface area contributed by atoms with Crippen LogP contribution >= 0.6 is 0 Å². The molecule has 0 atom stereocenters. The minimum Gasteiger partial charge on any atom is -0.353 e. The smallest absolute Gasteiger partial charge is 0.223 e. The monoisotopic (exact) mass is 232 g/mol. The summed E-state index contributed by atoms with van der Waals surface area (Å²) in [6.45, 7) is 1.14. The summed E-state index contributed by atoms with van der Waals surface area (Å²) < 4.78 is 12.8. The molecule has 1 aromatic carbocycles. The third-order valence-electron chi connectivity index (χ3n) is 2.22. The van der Waals surface area contributed by atoms with E-state index in [2.05, 4.69) is 15.3 Å². The first-order chi connectivity index (χ1) is 8.29. The lowest BCUT2D eigenvalue weighted by atomic mass is 10.1. The summed E-state index contributed by atoms with van der Waals surface area (Å²) in [6, 6.07) is 7.96. The van der Waals surface area contributed by atoms with Crippen molar-refractivity contribution in [2.75, 3.05) is 18.4 Å². The van der Waals surface area contributed by atoms with Crippen molar-refractivity contribution in [2.24, 2.45) is 5.73 Å². The first-order valence-electron chi connectivity index (χ1n) is 5.32. The maximum atomic E-state index is 12.8. The maximum absolute atomic E-state index is 12.8. The van der Waals surface area contributed by atoms with E-state index in [0.29, 0.717) is 19.0 Å². The zero-order chi connectivity index (χ0) is 12.1. The predicted molar refractivity (Wildman–Crippen MR) is 65.0 cm³/mol. The minimum atomic E-state index is -0.260. The van der Waals surface area contributed by atoms with E-state index in [-0.39, 0.29) is 5.82 Å². The van der Waals surface area contributed by atoms with E-state index >= 15 is 0 Å². The Hall–Kier alpha value is -2.01. The Morgan fingerprint density at radius 1 is 1.18 bits per heavy atom. The number of benzene rings is 1. The largest absolute Gasteiger partial charge is 0.353 e. The minimum absolute atomic E-state index is 0.260. The second-order valence-electron chi connectivity index (χ2n) is 3.49. The molecule has 0 aliphatic rings. The number of nitrogens with zero attached hydrogens (tertiary/aromatic N) is 2. The fourth-order valence-corrected chi connectivity index (χ4v) is 1.41. The second kappa shape index (κ2) is 5.36. The Balaban J connectivity index is 2.23. The van der Waals surface area contributed by atoms with Gasteiger partial charge in [-0.15, -0.1) is 0 Å². The first-order valence-corrected chi connectivity index (χ1v) is 5.32. The highest BCUT2D eigenvalue weighted by Gasteiger charge is 2.01. The van der Waals surface area contributed by atoms with Crippen molar-refractivity contribution >= 4 is 5.95 Å². The molecule has 0 spiro atoms. The number of rotatable bonds is 4. The molecule has 0 fully saturated rings. The summed E-state index contributed by atoms with van der Waals surface area (Å²) >= 11 is 0. The molecule has 0 bridgehead atoms. The molecule has 5 heteroatoms. The van der Waals surface area contributed by atoms with Crippen LogP contribution in [0.4, 0.5) is 10.3 Å². The van der Waals surface area contributed by atoms with Crippen LogP contribution in [-0.4, -0.2) is 23.1 Å². The van der Waals surface area contributed by atoms with Gasteiger partial charge in [0.2, 0.25) is 5.95 Å². The van der Waals surface area contributed by atoms with Crippen LogP contribution < -0.4 is 11.1 Å². The average Bonchev–Trinajstić information content (AvgIpc) is 2.37. The Bertz CT molecular complexity index is 484. The third kappa shape index (κ3) is 2.98. The summed E-state index contributed by atoms with van der Waals surface area (Å²) in [7, 11) is 0. The van der Waals surface area contributed by atoms with Gasteiger partial charge in [0.25, 0.3) is 0 Å². The second-order valence-corrected chi connectivity index (χ2v) is 3.49. The zero-order valence-electron chi connectivity index (χ0n) is 9.23. The van der Waals surface area contributed by atoms with Crippen molar-refractivity contribution in [3.05, 3.63) is 42.3 Å². The van der Waals surface area contributed by atoms with Crippen molar-refractivity contribution in [3.63, 3.8) is 0 Å². The molecular formula is C12H13FN4. The number of aromatic nitrogens is 2. The molecule has 17 heavy (non-hydrogen) atoms. The summed E-state index contributed by atoms with van der Waals surface area (Å²) in [5.74, 6) is 0.265. The number of halogens is 1. The van der Waals surface area contributed by atoms with E-state index in [1.54, 1.807) is 24.4 Å². The van der Waals surface area contributed by atoms with E-state index in [9.17, 15) is 4.39 Å². The highest BCUT2D eigenvalue weighted by Crippen LogP contribution is 2.17. The standard InChI is InChI=1S/C12H13FN4/c13-10-3-1-9(2-4-10)11-5-7-15-12(17-11)16-8-6-14/h1-5,7H,6,8,14H2,(H,15,16,17). The van der Waals surface area contributed by atoms with Gasteiger partial charge in [0.1, 0.15) is 5.82 Å². The van der Waals surface area contributed by atoms with Gasteiger partial charge in [0.05, 0.1) is 5.69 Å². The third-order valence-corrected chi connectivity index (χ3v) is 2.22. The highest BCUT2D eigenvalue weighted by atomic mass is 19.1. The molecule has 0 aliphatic carbocycles. The van der Waals surface area contributed by atoms with Crippen molar-refractivity contribution in [1.29, 1.82) is 0 Å². The van der Waals surface area contributed by atoms with Crippen LogP contribution in [0.5, 0.6) is 0 Å². The first kappa shape index (κ1) is 11.5. The van der Waals surface area contributed by atoms with Crippen LogP contribution in [0.15, 0.2) is 36.5 Å². The number of nitrogens with two attached hydrogens (primary N) is 1. The van der Waals surface area contributed by atoms with Crippen molar-refractivity contribution in [3.8, 4) is 11.3 Å². The molecule has 0 aliphatic heterocycles. The van der Waals surface area contributed by atoms with Gasteiger partial charge >= 0.3 is 0 Å². The van der Waals surface area contributed by atoms with Gasteiger partial charge in [-0.1, -0.05) is 0 Å². The van der Waals surface area contributed by atoms with E-state index in [0.717, 1.165) is 11.3 Å². The molecule has 2 rings (SSSR count). The molecule has 1 aromatic heterocycles. The fraction of sp³-hybridized carbons (Fsp3) is 0.167. The van der Waals surface area contributed by atoms with Gasteiger partial charge in [-0.3, -0.25) is 0 Å². The molecule has 0 radical (unpaired) electrons. The zero-order valence-corrected chi connectivity index (χ0v) is 9.23. The number of hydrogen-bond acceptors (Lipinski definition) is 4. The van der Waals surface area contributed by atoms with Gasteiger partial charge in [0, 0.05) is 24.8 Å². The molecule has 0 amide bonds. The van der Waals surface area contributed by atoms with Crippen molar-refractivity contribution < 1.29 is 4.39 Å². The number of hydrogen-bond donors (Lipinski definition) is 2. The normalized spacial score (nSPS) is 10.2. The van der Waals surface area contributed by atoms with E-state index in [1.165, 1.54) is 12.1 Å². The highest BCUT2D eigenvalue weighted by molar-refractivity contribution is 5.59. The van der Waals surface area contributed by atoms with Crippen LogP contribution in [-0.2, 0) is 0 Å². The summed E-state index contributed by atoms with van der Waals surface area (Å²) in [5, 5.41) is 2.99. The predicted octanol–water partition coefficient (Wildman–Crippen LogP) is 1.65. The molecule has 3 N–H and O–H groups in total. The molecule has 0 saturated heterocycles. The molecule has 0 unspecified atom stereocenters. The molecule has 88 valence electrons. The molecular weight excluding hydrogens is 219 g/mol. The van der Waals surface area contributed by atoms with E-state index < -0.39 is 0 Å². The fourth-order valence-electron chi connectivity index (χ4n) is 1.41. The molecule has 1 heterocycles. The number of nitrogens with one attached hydrogen (secondary N) is 1. The lowest BCUT2D eigenvalue weighted by Gasteiger charge is -2.05.